The molecule has 0 saturated carbocycles. The van der Waals surface area contributed by atoms with Crippen LogP contribution in [0, 0.1) is 11.6 Å². The molecule has 28 heavy (non-hydrogen) atoms. The Morgan fingerprint density at radius 3 is 2.57 bits per heavy atom. The Hall–Kier alpha value is -2.81. The molecule has 0 radical (unpaired) electrons. The minimum atomic E-state index is -0.926. The van der Waals surface area contributed by atoms with E-state index >= 15 is 0 Å². The SMILES string of the molecule is OCC(O)c1ccc(-n2ncc3ccc(Sc4ccc(F)cc4F)c[n+]32)cc1. The van der Waals surface area contributed by atoms with Gasteiger partial charge in [0.1, 0.15) is 29.6 Å². The molecule has 0 spiro atoms. The summed E-state index contributed by atoms with van der Waals surface area (Å²) in [7, 11) is 0. The molecule has 0 saturated heterocycles. The summed E-state index contributed by atoms with van der Waals surface area (Å²) in [4.78, 5) is 2.75. The number of rotatable bonds is 5. The molecule has 0 bridgehead atoms. The quantitative estimate of drug-likeness (QED) is 0.506. The lowest BCUT2D eigenvalue weighted by Gasteiger charge is -2.07. The number of aromatic nitrogens is 3. The summed E-state index contributed by atoms with van der Waals surface area (Å²) in [6, 6.07) is 14.2. The maximum absolute atomic E-state index is 13.9. The zero-order chi connectivity index (χ0) is 19.7. The molecule has 2 heterocycles. The van der Waals surface area contributed by atoms with Crippen molar-refractivity contribution in [3.05, 3.63) is 84.2 Å². The Bertz CT molecular complexity index is 1130. The molecule has 2 N–H and O–H groups in total. The Morgan fingerprint density at radius 2 is 1.86 bits per heavy atom. The monoisotopic (exact) mass is 400 g/mol. The number of benzene rings is 2. The summed E-state index contributed by atoms with van der Waals surface area (Å²) in [6.07, 6.45) is 2.58. The number of pyridine rings is 1. The van der Waals surface area contributed by atoms with Crippen LogP contribution in [0.25, 0.3) is 11.2 Å². The van der Waals surface area contributed by atoms with Crippen molar-refractivity contribution in [2.45, 2.75) is 15.9 Å². The highest BCUT2D eigenvalue weighted by molar-refractivity contribution is 7.99. The number of halogens is 2. The van der Waals surface area contributed by atoms with E-state index in [0.29, 0.717) is 10.5 Å². The second kappa shape index (κ2) is 7.67. The molecule has 4 rings (SSSR count). The first-order chi connectivity index (χ1) is 13.5. The van der Waals surface area contributed by atoms with Crippen LogP contribution in [0.5, 0.6) is 0 Å². The van der Waals surface area contributed by atoms with Crippen LogP contribution in [-0.2, 0) is 0 Å². The van der Waals surface area contributed by atoms with Crippen LogP contribution in [0.4, 0.5) is 8.78 Å². The van der Waals surface area contributed by atoms with Gasteiger partial charge in [0.15, 0.2) is 5.52 Å². The van der Waals surface area contributed by atoms with Gasteiger partial charge in [-0.15, -0.1) is 4.52 Å². The Kier molecular flexibility index (Phi) is 5.08. The number of aliphatic hydroxyl groups is 2. The van der Waals surface area contributed by atoms with Gasteiger partial charge >= 0.3 is 0 Å². The van der Waals surface area contributed by atoms with Gasteiger partial charge in [0, 0.05) is 16.1 Å². The number of hydrogen-bond acceptors (Lipinski definition) is 4. The van der Waals surface area contributed by atoms with E-state index < -0.39 is 17.7 Å². The second-order valence-corrected chi connectivity index (χ2v) is 7.25. The lowest BCUT2D eigenvalue weighted by Crippen LogP contribution is -2.32. The fourth-order valence-electron chi connectivity index (χ4n) is 2.79. The molecule has 4 aromatic rings. The molecule has 0 aliphatic rings. The smallest absolute Gasteiger partial charge is 0.214 e. The van der Waals surface area contributed by atoms with Crippen molar-refractivity contribution in [3.8, 4) is 5.69 Å². The molecule has 2 aromatic heterocycles. The Labute approximate surface area is 163 Å². The number of hydrogen-bond donors (Lipinski definition) is 2. The summed E-state index contributed by atoms with van der Waals surface area (Å²) in [5.41, 5.74) is 2.20. The largest absolute Gasteiger partial charge is 0.393 e. The van der Waals surface area contributed by atoms with E-state index in [9.17, 15) is 13.9 Å². The zero-order valence-corrected chi connectivity index (χ0v) is 15.4. The predicted octanol–water partition coefficient (Wildman–Crippen LogP) is 3.07. The lowest BCUT2D eigenvalue weighted by atomic mass is 10.1. The van der Waals surface area contributed by atoms with Crippen molar-refractivity contribution >= 4 is 17.3 Å². The minimum absolute atomic E-state index is 0.328. The predicted molar refractivity (Wildman–Crippen MR) is 99.3 cm³/mol. The third-order valence-corrected chi connectivity index (χ3v) is 5.27. The lowest BCUT2D eigenvalue weighted by molar-refractivity contribution is -0.605. The van der Waals surface area contributed by atoms with E-state index in [4.69, 9.17) is 5.11 Å². The average molecular weight is 400 g/mol. The number of nitrogens with zero attached hydrogens (tertiary/aromatic N) is 3. The van der Waals surface area contributed by atoms with E-state index in [1.165, 1.54) is 23.9 Å². The fraction of sp³-hybridized carbons (Fsp3) is 0.100. The van der Waals surface area contributed by atoms with E-state index in [1.54, 1.807) is 39.8 Å². The van der Waals surface area contributed by atoms with E-state index in [1.807, 2.05) is 18.3 Å². The molecule has 2 aromatic carbocycles. The highest BCUT2D eigenvalue weighted by Crippen LogP contribution is 2.29. The van der Waals surface area contributed by atoms with Gasteiger partial charge < -0.3 is 10.2 Å². The molecule has 5 nitrogen and oxygen atoms in total. The molecule has 0 amide bonds. The van der Waals surface area contributed by atoms with Crippen LogP contribution in [0.2, 0.25) is 0 Å². The van der Waals surface area contributed by atoms with Gasteiger partial charge in [0.05, 0.1) is 11.5 Å². The molecule has 142 valence electrons. The molecule has 0 fully saturated rings. The Morgan fingerprint density at radius 1 is 1.07 bits per heavy atom. The van der Waals surface area contributed by atoms with Crippen molar-refractivity contribution in [1.82, 2.24) is 9.90 Å². The van der Waals surface area contributed by atoms with Crippen molar-refractivity contribution in [1.29, 1.82) is 0 Å². The fourth-order valence-corrected chi connectivity index (χ4v) is 3.62. The van der Waals surface area contributed by atoms with Gasteiger partial charge in [-0.2, -0.15) is 0 Å². The van der Waals surface area contributed by atoms with Crippen molar-refractivity contribution in [3.63, 3.8) is 0 Å². The molecule has 0 aliphatic carbocycles. The molecule has 1 unspecified atom stereocenters. The number of fused-ring (bicyclic) bond motifs is 1. The van der Waals surface area contributed by atoms with Crippen LogP contribution in [0.3, 0.4) is 0 Å². The van der Waals surface area contributed by atoms with Gasteiger partial charge in [-0.1, -0.05) is 23.9 Å². The minimum Gasteiger partial charge on any atom is -0.393 e. The highest BCUT2D eigenvalue weighted by atomic mass is 32.2. The Balaban J connectivity index is 1.68. The van der Waals surface area contributed by atoms with E-state index in [0.717, 1.165) is 22.2 Å². The maximum Gasteiger partial charge on any atom is 0.214 e. The molecular weight excluding hydrogens is 384 g/mol. The zero-order valence-electron chi connectivity index (χ0n) is 14.5. The molecular formula is C20H16F2N3O2S+. The van der Waals surface area contributed by atoms with Crippen LogP contribution in [0.15, 0.2) is 76.8 Å². The van der Waals surface area contributed by atoms with Gasteiger partial charge in [-0.25, -0.2) is 8.78 Å². The van der Waals surface area contributed by atoms with Gasteiger partial charge in [-0.05, 0) is 46.8 Å². The summed E-state index contributed by atoms with van der Waals surface area (Å²) >= 11 is 1.19. The van der Waals surface area contributed by atoms with Crippen molar-refractivity contribution in [2.75, 3.05) is 6.61 Å². The van der Waals surface area contributed by atoms with Gasteiger partial charge in [-0.3, -0.25) is 0 Å². The van der Waals surface area contributed by atoms with Gasteiger partial charge in [0.25, 0.3) is 0 Å². The summed E-state index contributed by atoms with van der Waals surface area (Å²) in [5.74, 6) is -1.22. The molecule has 8 heteroatoms. The average Bonchev–Trinajstić information content (AvgIpc) is 3.13. The highest BCUT2D eigenvalue weighted by Gasteiger charge is 2.15. The summed E-state index contributed by atoms with van der Waals surface area (Å²) < 4.78 is 28.8. The van der Waals surface area contributed by atoms with Gasteiger partial charge in [0.2, 0.25) is 6.20 Å². The molecule has 0 aliphatic heterocycles. The number of aliphatic hydroxyl groups excluding tert-OH is 2. The topological polar surface area (TPSA) is 62.4 Å². The maximum atomic E-state index is 13.9. The summed E-state index contributed by atoms with van der Waals surface area (Å²) in [6.45, 7) is -0.348. The first kappa shape index (κ1) is 18.5. The summed E-state index contributed by atoms with van der Waals surface area (Å²) in [5, 5.41) is 23.1. The van der Waals surface area contributed by atoms with E-state index in [-0.39, 0.29) is 6.61 Å². The van der Waals surface area contributed by atoms with Crippen molar-refractivity contribution in [2.24, 2.45) is 0 Å². The normalized spacial score (nSPS) is 12.4. The third-order valence-electron chi connectivity index (χ3n) is 4.24. The van der Waals surface area contributed by atoms with Crippen LogP contribution < -0.4 is 4.52 Å². The second-order valence-electron chi connectivity index (χ2n) is 6.13. The first-order valence-corrected chi connectivity index (χ1v) is 9.29. The van der Waals surface area contributed by atoms with Crippen LogP contribution in [-0.4, -0.2) is 26.7 Å². The third kappa shape index (κ3) is 3.62. The van der Waals surface area contributed by atoms with Crippen LogP contribution in [0.1, 0.15) is 11.7 Å². The standard InChI is InChI=1S/C20H16F2N3O2S/c21-14-3-8-20(18(22)9-14)28-17-7-6-16-10-23-25(24(16)11-17)15-4-1-13(2-5-15)19(27)12-26/h1-11,19,26-27H,12H2/q+1. The van der Waals surface area contributed by atoms with E-state index in [2.05, 4.69) is 5.10 Å². The van der Waals surface area contributed by atoms with Crippen LogP contribution >= 0.6 is 11.8 Å². The van der Waals surface area contributed by atoms with Crippen molar-refractivity contribution < 1.29 is 23.5 Å². The first-order valence-electron chi connectivity index (χ1n) is 8.47. The molecule has 1 atom stereocenters.